The number of anilines is 1. The van der Waals surface area contributed by atoms with Crippen LogP contribution in [0, 0.1) is 0 Å². The Morgan fingerprint density at radius 2 is 1.67 bits per heavy atom. The monoisotopic (exact) mass is 591 g/mol. The van der Waals surface area contributed by atoms with Crippen molar-refractivity contribution in [3.8, 4) is 17.2 Å². The maximum Gasteiger partial charge on any atom is 0.338 e. The van der Waals surface area contributed by atoms with Gasteiger partial charge in [-0.1, -0.05) is 17.8 Å². The number of carbonyl (C=O) groups is 3. The van der Waals surface area contributed by atoms with E-state index in [0.717, 1.165) is 5.56 Å². The molecule has 42 heavy (non-hydrogen) atoms. The summed E-state index contributed by atoms with van der Waals surface area (Å²) in [4.78, 5) is 45.1. The van der Waals surface area contributed by atoms with Gasteiger partial charge in [-0.2, -0.15) is 0 Å². The molecule has 220 valence electrons. The van der Waals surface area contributed by atoms with Gasteiger partial charge in [0.2, 0.25) is 11.8 Å². The fourth-order valence-corrected chi connectivity index (χ4v) is 5.28. The molecule has 1 saturated heterocycles. The zero-order valence-corrected chi connectivity index (χ0v) is 24.7. The Kier molecular flexibility index (Phi) is 10.4. The van der Waals surface area contributed by atoms with Crippen LogP contribution in [0.3, 0.4) is 0 Å². The predicted octanol–water partition coefficient (Wildman–Crippen LogP) is 5.44. The van der Waals surface area contributed by atoms with Gasteiger partial charge in [-0.3, -0.25) is 14.5 Å². The molecule has 0 aromatic heterocycles. The Morgan fingerprint density at radius 3 is 2.31 bits per heavy atom. The minimum atomic E-state index is -0.705. The van der Waals surface area contributed by atoms with E-state index < -0.39 is 11.2 Å². The van der Waals surface area contributed by atoms with Gasteiger partial charge in [-0.05, 0) is 80.1 Å². The summed E-state index contributed by atoms with van der Waals surface area (Å²) in [7, 11) is 3.10. The number of ether oxygens (including phenoxy) is 4. The fraction of sp³-hybridized carbons (Fsp3) is 0.290. The number of rotatable bonds is 11. The van der Waals surface area contributed by atoms with Crippen LogP contribution < -0.4 is 19.5 Å². The van der Waals surface area contributed by atoms with Crippen molar-refractivity contribution < 1.29 is 33.3 Å². The second kappa shape index (κ2) is 14.4. The number of aliphatic imine (C=N–C) groups is 1. The molecule has 1 aliphatic rings. The van der Waals surface area contributed by atoms with Crippen LogP contribution in [-0.2, 0) is 20.9 Å². The third-order valence-corrected chi connectivity index (χ3v) is 7.44. The number of benzene rings is 3. The number of hydrogen-bond donors (Lipinski definition) is 1. The Morgan fingerprint density at radius 1 is 0.952 bits per heavy atom. The summed E-state index contributed by atoms with van der Waals surface area (Å²) in [6.45, 7) is 4.66. The summed E-state index contributed by atoms with van der Waals surface area (Å²) in [6.07, 6.45) is -0.0123. The van der Waals surface area contributed by atoms with Crippen molar-refractivity contribution in [2.45, 2.75) is 32.1 Å². The normalized spacial score (nSPS) is 15.7. The van der Waals surface area contributed by atoms with Crippen LogP contribution in [-0.4, -0.2) is 60.5 Å². The minimum Gasteiger partial charge on any atom is -0.494 e. The van der Waals surface area contributed by atoms with Crippen LogP contribution in [0.4, 0.5) is 11.4 Å². The summed E-state index contributed by atoms with van der Waals surface area (Å²) in [6, 6.07) is 19.0. The van der Waals surface area contributed by atoms with Crippen molar-refractivity contribution >= 4 is 46.1 Å². The number of nitrogens with one attached hydrogen (secondary N) is 1. The summed E-state index contributed by atoms with van der Waals surface area (Å²) in [5.41, 5.74) is 2.30. The van der Waals surface area contributed by atoms with E-state index in [1.54, 1.807) is 86.7 Å². The molecule has 0 saturated carbocycles. The van der Waals surface area contributed by atoms with E-state index in [1.165, 1.54) is 11.8 Å². The Labute approximate surface area is 249 Å². The molecule has 1 aliphatic heterocycles. The molecule has 10 nitrogen and oxygen atoms in total. The van der Waals surface area contributed by atoms with Crippen molar-refractivity contribution in [3.05, 3.63) is 77.9 Å². The number of methoxy groups -OCH3 is 2. The second-order valence-electron chi connectivity index (χ2n) is 9.09. The summed E-state index contributed by atoms with van der Waals surface area (Å²) >= 11 is 1.20. The predicted molar refractivity (Wildman–Crippen MR) is 162 cm³/mol. The molecule has 1 heterocycles. The lowest BCUT2D eigenvalue weighted by Gasteiger charge is -2.32. The van der Waals surface area contributed by atoms with Gasteiger partial charge in [0.05, 0.1) is 45.2 Å². The number of thioether (sulfide) groups is 1. The van der Waals surface area contributed by atoms with Crippen LogP contribution in [0.15, 0.2) is 71.7 Å². The van der Waals surface area contributed by atoms with Gasteiger partial charge in [0.15, 0.2) is 16.7 Å². The van der Waals surface area contributed by atoms with Crippen molar-refractivity contribution in [1.29, 1.82) is 0 Å². The van der Waals surface area contributed by atoms with Crippen molar-refractivity contribution in [1.82, 2.24) is 4.90 Å². The van der Waals surface area contributed by atoms with E-state index in [1.807, 2.05) is 13.0 Å². The maximum absolute atomic E-state index is 13.5. The fourth-order valence-electron chi connectivity index (χ4n) is 4.18. The van der Waals surface area contributed by atoms with Gasteiger partial charge < -0.3 is 24.3 Å². The minimum absolute atomic E-state index is 0.0123. The molecule has 3 aromatic rings. The van der Waals surface area contributed by atoms with Gasteiger partial charge >= 0.3 is 5.97 Å². The Hall–Kier alpha value is -4.51. The van der Waals surface area contributed by atoms with Crippen molar-refractivity contribution in [2.24, 2.45) is 4.99 Å². The molecule has 0 spiro atoms. The van der Waals surface area contributed by atoms with Crippen molar-refractivity contribution in [2.75, 3.05) is 32.8 Å². The molecule has 0 aliphatic carbocycles. The molecule has 3 aromatic carbocycles. The second-order valence-corrected chi connectivity index (χ2v) is 10.3. The lowest BCUT2D eigenvalue weighted by atomic mass is 10.1. The molecular weight excluding hydrogens is 558 g/mol. The Bertz CT molecular complexity index is 1440. The van der Waals surface area contributed by atoms with Gasteiger partial charge in [0.1, 0.15) is 11.0 Å². The number of esters is 1. The molecule has 11 heteroatoms. The van der Waals surface area contributed by atoms with Crippen LogP contribution >= 0.6 is 11.8 Å². The molecular formula is C31H33N3O7S. The lowest BCUT2D eigenvalue weighted by molar-refractivity contribution is -0.129. The first-order valence-corrected chi connectivity index (χ1v) is 14.3. The van der Waals surface area contributed by atoms with E-state index in [9.17, 15) is 14.4 Å². The lowest BCUT2D eigenvalue weighted by Crippen LogP contribution is -2.44. The highest BCUT2D eigenvalue weighted by Gasteiger charge is 2.36. The zero-order chi connectivity index (χ0) is 30.1. The van der Waals surface area contributed by atoms with Gasteiger partial charge in [-0.25, -0.2) is 9.79 Å². The molecule has 0 radical (unpaired) electrons. The maximum atomic E-state index is 13.5. The zero-order valence-electron chi connectivity index (χ0n) is 23.9. The van der Waals surface area contributed by atoms with E-state index in [2.05, 4.69) is 5.32 Å². The number of carbonyl (C=O) groups excluding carboxylic acids is 3. The first-order valence-electron chi connectivity index (χ1n) is 13.4. The third-order valence-electron chi connectivity index (χ3n) is 6.26. The molecule has 1 fully saturated rings. The SMILES string of the molecule is CCOC(=O)c1ccc(N=C2S[C@@H](C(=O)Nc3ccc(OCC)cc3)CC(=O)N2Cc2ccc(OC)c(OC)c2)cc1. The summed E-state index contributed by atoms with van der Waals surface area (Å²) in [5, 5.41) is 2.54. The topological polar surface area (TPSA) is 116 Å². The Balaban J connectivity index is 1.60. The first kappa shape index (κ1) is 30.4. The molecule has 0 unspecified atom stereocenters. The van der Waals surface area contributed by atoms with Gasteiger partial charge in [0.25, 0.3) is 0 Å². The molecule has 1 atom stereocenters. The summed E-state index contributed by atoms with van der Waals surface area (Å²) in [5.74, 6) is 0.813. The molecule has 1 N–H and O–H groups in total. The highest BCUT2D eigenvalue weighted by Crippen LogP contribution is 2.33. The van der Waals surface area contributed by atoms with E-state index in [-0.39, 0.29) is 31.4 Å². The van der Waals surface area contributed by atoms with Crippen LogP contribution in [0.2, 0.25) is 0 Å². The molecule has 2 amide bonds. The van der Waals surface area contributed by atoms with E-state index in [4.69, 9.17) is 23.9 Å². The molecule has 4 rings (SSSR count). The van der Waals surface area contributed by atoms with E-state index in [0.29, 0.717) is 46.0 Å². The van der Waals surface area contributed by atoms with Crippen LogP contribution in [0.5, 0.6) is 17.2 Å². The first-order chi connectivity index (χ1) is 20.3. The summed E-state index contributed by atoms with van der Waals surface area (Å²) < 4.78 is 21.3. The smallest absolute Gasteiger partial charge is 0.338 e. The third kappa shape index (κ3) is 7.61. The number of amides is 2. The average molecular weight is 592 g/mol. The highest BCUT2D eigenvalue weighted by molar-refractivity contribution is 8.15. The average Bonchev–Trinajstić information content (AvgIpc) is 3.00. The van der Waals surface area contributed by atoms with Crippen LogP contribution in [0.1, 0.15) is 36.2 Å². The van der Waals surface area contributed by atoms with Gasteiger partial charge in [-0.15, -0.1) is 0 Å². The van der Waals surface area contributed by atoms with E-state index >= 15 is 0 Å². The molecule has 0 bridgehead atoms. The quantitative estimate of drug-likeness (QED) is 0.293. The number of nitrogens with zero attached hydrogens (tertiary/aromatic N) is 2. The van der Waals surface area contributed by atoms with Crippen molar-refractivity contribution in [3.63, 3.8) is 0 Å². The highest BCUT2D eigenvalue weighted by atomic mass is 32.2. The van der Waals surface area contributed by atoms with Crippen LogP contribution in [0.25, 0.3) is 0 Å². The van der Waals surface area contributed by atoms with Gasteiger partial charge in [0, 0.05) is 12.1 Å². The standard InChI is InChI=1S/C31H33N3O7S/c1-5-40-24-14-12-22(13-15-24)32-29(36)27-18-28(35)34(19-20-7-16-25(38-3)26(17-20)39-4)31(42-27)33-23-10-8-21(9-11-23)30(37)41-6-2/h7-17,27H,5-6,18-19H2,1-4H3,(H,32,36)/t27-/m1/s1. The number of amidine groups is 1. The number of hydrogen-bond acceptors (Lipinski definition) is 9. The largest absolute Gasteiger partial charge is 0.494 e.